The monoisotopic (exact) mass is 574 g/mol. The van der Waals surface area contributed by atoms with Crippen LogP contribution in [0.15, 0.2) is 48.7 Å². The molecule has 9 heteroatoms. The topological polar surface area (TPSA) is 116 Å². The number of ether oxygens (including phenoxy) is 1. The Bertz CT molecular complexity index is 1380. The van der Waals surface area contributed by atoms with Crippen LogP contribution >= 0.6 is 0 Å². The van der Waals surface area contributed by atoms with Gasteiger partial charge in [0, 0.05) is 43.6 Å². The molecule has 9 nitrogen and oxygen atoms in total. The minimum Gasteiger partial charge on any atom is -0.465 e. The number of hydrogen-bond acceptors (Lipinski definition) is 6. The van der Waals surface area contributed by atoms with Gasteiger partial charge in [-0.25, -0.2) is 9.78 Å². The third kappa shape index (κ3) is 7.45. The van der Waals surface area contributed by atoms with Gasteiger partial charge >= 0.3 is 5.97 Å². The van der Waals surface area contributed by atoms with Crippen molar-refractivity contribution < 1.29 is 24.2 Å². The summed E-state index contributed by atoms with van der Waals surface area (Å²) < 4.78 is 4.90. The summed E-state index contributed by atoms with van der Waals surface area (Å²) in [6, 6.07) is 13.0. The molecule has 0 saturated carbocycles. The number of aliphatic hydroxyl groups is 1. The molecule has 1 unspecified atom stereocenters. The summed E-state index contributed by atoms with van der Waals surface area (Å²) in [5.41, 5.74) is 4.30. The zero-order valence-corrected chi connectivity index (χ0v) is 24.9. The van der Waals surface area contributed by atoms with Gasteiger partial charge in [-0.1, -0.05) is 51.0 Å². The lowest BCUT2D eigenvalue weighted by atomic mass is 9.97. The molecular formula is C33H42N4O5. The van der Waals surface area contributed by atoms with Crippen LogP contribution in [0.2, 0.25) is 0 Å². The lowest BCUT2D eigenvalue weighted by Crippen LogP contribution is -2.40. The average Bonchev–Trinajstić information content (AvgIpc) is 3.51. The number of aromatic amines is 1. The third-order valence-corrected chi connectivity index (χ3v) is 7.82. The number of nitrogens with zero attached hydrogens (tertiary/aromatic N) is 3. The Morgan fingerprint density at radius 1 is 1.07 bits per heavy atom. The maximum atomic E-state index is 13.8. The molecule has 1 atom stereocenters. The third-order valence-electron chi connectivity index (χ3n) is 7.82. The summed E-state index contributed by atoms with van der Waals surface area (Å²) in [6.07, 6.45) is 5.79. The number of carbonyl (C=O) groups excluding carboxylic acids is 3. The van der Waals surface area contributed by atoms with Gasteiger partial charge in [0.15, 0.2) is 0 Å². The van der Waals surface area contributed by atoms with Crippen molar-refractivity contribution in [3.8, 4) is 11.4 Å². The summed E-state index contributed by atoms with van der Waals surface area (Å²) >= 11 is 0. The highest BCUT2D eigenvalue weighted by Crippen LogP contribution is 2.27. The molecule has 1 aliphatic rings. The molecule has 1 aromatic heterocycles. The molecule has 0 bridgehead atoms. The molecular weight excluding hydrogens is 532 g/mol. The maximum absolute atomic E-state index is 13.8. The molecule has 2 N–H and O–H groups in total. The van der Waals surface area contributed by atoms with Crippen molar-refractivity contribution in [2.75, 3.05) is 26.7 Å². The van der Waals surface area contributed by atoms with Crippen LogP contribution in [-0.4, -0.2) is 75.5 Å². The zero-order chi connectivity index (χ0) is 30.1. The van der Waals surface area contributed by atoms with Gasteiger partial charge in [0.25, 0.3) is 11.8 Å². The Balaban J connectivity index is 1.51. The molecule has 3 aromatic rings. The van der Waals surface area contributed by atoms with E-state index in [-0.39, 0.29) is 23.8 Å². The summed E-state index contributed by atoms with van der Waals surface area (Å²) in [4.78, 5) is 50.4. The molecule has 0 saturated heterocycles. The van der Waals surface area contributed by atoms with Gasteiger partial charge in [0.05, 0.1) is 18.2 Å². The number of aryl methyl sites for hydroxylation is 1. The number of H-pyrrole nitrogens is 1. The summed E-state index contributed by atoms with van der Waals surface area (Å²) in [5, 5.41) is 10.7. The van der Waals surface area contributed by atoms with E-state index in [0.717, 1.165) is 43.4 Å². The van der Waals surface area contributed by atoms with Crippen molar-refractivity contribution in [3.05, 3.63) is 76.6 Å². The summed E-state index contributed by atoms with van der Waals surface area (Å²) in [6.45, 7) is 6.54. The number of methoxy groups -OCH3 is 1. The second-order valence-electron chi connectivity index (χ2n) is 10.8. The van der Waals surface area contributed by atoms with E-state index < -0.39 is 12.1 Å². The fraction of sp³-hybridized carbons (Fsp3) is 0.455. The molecule has 4 rings (SSSR count). The minimum absolute atomic E-state index is 0.191. The smallest absolute Gasteiger partial charge is 0.337 e. The van der Waals surface area contributed by atoms with Crippen LogP contribution < -0.4 is 0 Å². The van der Waals surface area contributed by atoms with Gasteiger partial charge in [0.1, 0.15) is 11.9 Å². The SMILES string of the molecule is CCCCN(CCCC)C(=O)C(O)CCc1cnc(-c2ccc(C(=O)OC)cc2C(=O)N2CCc3ccccc3C2)[nH]1. The number of benzene rings is 2. The molecule has 0 aliphatic carbocycles. The van der Waals surface area contributed by atoms with E-state index in [2.05, 4.69) is 29.9 Å². The number of esters is 1. The van der Waals surface area contributed by atoms with Crippen molar-refractivity contribution >= 4 is 17.8 Å². The predicted octanol–water partition coefficient (Wildman–Crippen LogP) is 4.78. The highest BCUT2D eigenvalue weighted by molar-refractivity contribution is 6.03. The van der Waals surface area contributed by atoms with Crippen molar-refractivity contribution in [1.29, 1.82) is 0 Å². The molecule has 2 aromatic carbocycles. The Hall–Kier alpha value is -3.98. The molecule has 42 heavy (non-hydrogen) atoms. The number of hydrogen-bond donors (Lipinski definition) is 2. The van der Waals surface area contributed by atoms with Crippen LogP contribution in [0, 0.1) is 0 Å². The van der Waals surface area contributed by atoms with Crippen molar-refractivity contribution in [2.24, 2.45) is 0 Å². The first-order valence-corrected chi connectivity index (χ1v) is 15.0. The normalized spacial score (nSPS) is 13.4. The van der Waals surface area contributed by atoms with E-state index in [1.807, 2.05) is 18.2 Å². The molecule has 0 fully saturated rings. The number of imidazole rings is 1. The number of aromatic nitrogens is 2. The number of carbonyl (C=O) groups is 3. The molecule has 2 amide bonds. The Kier molecular flexibility index (Phi) is 10.9. The van der Waals surface area contributed by atoms with Crippen molar-refractivity contribution in [1.82, 2.24) is 19.8 Å². The van der Waals surface area contributed by atoms with Crippen molar-refractivity contribution in [2.45, 2.75) is 71.4 Å². The van der Waals surface area contributed by atoms with E-state index >= 15 is 0 Å². The van der Waals surface area contributed by atoms with Gasteiger partial charge in [-0.2, -0.15) is 0 Å². The first kappa shape index (κ1) is 31.0. The number of aliphatic hydroxyl groups excluding tert-OH is 1. The largest absolute Gasteiger partial charge is 0.465 e. The number of rotatable bonds is 13. The van der Waals surface area contributed by atoms with E-state index in [9.17, 15) is 19.5 Å². The summed E-state index contributed by atoms with van der Waals surface area (Å²) in [7, 11) is 1.31. The average molecular weight is 575 g/mol. The molecule has 0 radical (unpaired) electrons. The van der Waals surface area contributed by atoms with E-state index in [1.54, 1.807) is 34.2 Å². The fourth-order valence-corrected chi connectivity index (χ4v) is 5.29. The second kappa shape index (κ2) is 14.8. The van der Waals surface area contributed by atoms with Crippen LogP contribution in [0.25, 0.3) is 11.4 Å². The molecule has 2 heterocycles. The first-order valence-electron chi connectivity index (χ1n) is 15.0. The van der Waals surface area contributed by atoms with Crippen LogP contribution in [0.4, 0.5) is 0 Å². The molecule has 224 valence electrons. The second-order valence-corrected chi connectivity index (χ2v) is 10.8. The quantitative estimate of drug-likeness (QED) is 0.284. The first-order chi connectivity index (χ1) is 20.4. The minimum atomic E-state index is -1.09. The molecule has 0 spiro atoms. The Morgan fingerprint density at radius 3 is 2.48 bits per heavy atom. The number of amides is 2. The number of nitrogens with one attached hydrogen (secondary N) is 1. The van der Waals surface area contributed by atoms with E-state index in [4.69, 9.17) is 4.74 Å². The molecule has 1 aliphatic heterocycles. The Morgan fingerprint density at radius 2 is 1.79 bits per heavy atom. The van der Waals surface area contributed by atoms with Gasteiger partial charge in [0.2, 0.25) is 0 Å². The van der Waals surface area contributed by atoms with Crippen LogP contribution in [-0.2, 0) is 28.9 Å². The Labute approximate surface area is 247 Å². The lowest BCUT2D eigenvalue weighted by molar-refractivity contribution is -0.140. The van der Waals surface area contributed by atoms with Gasteiger partial charge in [-0.05, 0) is 61.4 Å². The number of unbranched alkanes of at least 4 members (excludes halogenated alkanes) is 2. The fourth-order valence-electron chi connectivity index (χ4n) is 5.29. The summed E-state index contributed by atoms with van der Waals surface area (Å²) in [5.74, 6) is -0.463. The van der Waals surface area contributed by atoms with Crippen molar-refractivity contribution in [3.63, 3.8) is 0 Å². The lowest BCUT2D eigenvalue weighted by Gasteiger charge is -2.29. The highest BCUT2D eigenvalue weighted by atomic mass is 16.5. The van der Waals surface area contributed by atoms with Crippen LogP contribution in [0.5, 0.6) is 0 Å². The van der Waals surface area contributed by atoms with Gasteiger partial charge in [-0.15, -0.1) is 0 Å². The predicted molar refractivity (Wildman–Crippen MR) is 161 cm³/mol. The highest BCUT2D eigenvalue weighted by Gasteiger charge is 2.26. The van der Waals surface area contributed by atoms with E-state index in [0.29, 0.717) is 49.6 Å². The van der Waals surface area contributed by atoms with E-state index in [1.165, 1.54) is 12.7 Å². The zero-order valence-electron chi connectivity index (χ0n) is 24.9. The van der Waals surface area contributed by atoms with Gasteiger partial charge in [-0.3, -0.25) is 9.59 Å². The van der Waals surface area contributed by atoms with Crippen LogP contribution in [0.1, 0.15) is 83.5 Å². The van der Waals surface area contributed by atoms with Crippen LogP contribution in [0.3, 0.4) is 0 Å². The number of fused-ring (bicyclic) bond motifs is 1. The standard InChI is InChI=1S/C33H42N4O5/c1-4-6-17-36(18-7-5-2)32(40)29(38)15-13-26-21-34-30(35-26)27-14-12-24(33(41)42-3)20-28(27)31(39)37-19-16-23-10-8-9-11-25(23)22-37/h8-12,14,20-21,29,38H,4-7,13,15-19,22H2,1-3H3,(H,34,35). The maximum Gasteiger partial charge on any atom is 0.337 e. The van der Waals surface area contributed by atoms with Gasteiger partial charge < -0.3 is 24.6 Å².